The number of hydrogen-bond acceptors (Lipinski definition) is 5. The Labute approximate surface area is 345 Å². The maximum atomic E-state index is 13.1. The quantitative estimate of drug-likeness (QED) is 0.194. The average molecular weight is 798 g/mol. The van der Waals surface area contributed by atoms with Gasteiger partial charge in [0, 0.05) is 18.5 Å². The molecule has 4 saturated carbocycles. The lowest BCUT2D eigenvalue weighted by Gasteiger charge is -2.72. The first-order valence-corrected chi connectivity index (χ1v) is 24.8. The summed E-state index contributed by atoms with van der Waals surface area (Å²) in [7, 11) is -2.84. The lowest BCUT2D eigenvalue weighted by Crippen LogP contribution is -3.16. The molecule has 0 aromatic heterocycles. The van der Waals surface area contributed by atoms with Gasteiger partial charge in [0.15, 0.2) is 9.84 Å². The van der Waals surface area contributed by atoms with Crippen molar-refractivity contribution in [1.82, 2.24) is 5.32 Å². The van der Waals surface area contributed by atoms with E-state index in [2.05, 4.69) is 65.6 Å². The molecular formula is C50H73N2O4S+. The molecule has 2 heterocycles. The van der Waals surface area contributed by atoms with Crippen LogP contribution in [0.3, 0.4) is 0 Å². The molecule has 6 nitrogen and oxygen atoms in total. The van der Waals surface area contributed by atoms with Gasteiger partial charge in [0.25, 0.3) is 0 Å². The number of fused-ring (bicyclic) bond motifs is 9. The van der Waals surface area contributed by atoms with E-state index in [9.17, 15) is 13.2 Å². The van der Waals surface area contributed by atoms with E-state index in [0.29, 0.717) is 58.8 Å². The van der Waals surface area contributed by atoms with E-state index in [0.717, 1.165) is 50.9 Å². The maximum Gasteiger partial charge on any atom is 0.309 e. The predicted octanol–water partition coefficient (Wildman–Crippen LogP) is 8.45. The molecule has 2 aliphatic heterocycles. The van der Waals surface area contributed by atoms with Crippen molar-refractivity contribution in [2.45, 2.75) is 148 Å². The van der Waals surface area contributed by atoms with Crippen LogP contribution in [0, 0.1) is 57.2 Å². The van der Waals surface area contributed by atoms with Gasteiger partial charge in [-0.05, 0) is 152 Å². The van der Waals surface area contributed by atoms with E-state index in [4.69, 9.17) is 4.74 Å². The average Bonchev–Trinajstić information content (AvgIpc) is 3.85. The first kappa shape index (κ1) is 40.2. The largest absolute Gasteiger partial charge is 0.461 e. The minimum absolute atomic E-state index is 0.0439. The molecule has 0 radical (unpaired) electrons. The van der Waals surface area contributed by atoms with Gasteiger partial charge in [-0.25, -0.2) is 8.42 Å². The highest BCUT2D eigenvalue weighted by Gasteiger charge is 2.70. The summed E-state index contributed by atoms with van der Waals surface area (Å²) in [6.45, 7) is 23.5. The van der Waals surface area contributed by atoms with Crippen LogP contribution >= 0.6 is 0 Å². The van der Waals surface area contributed by atoms with Crippen LogP contribution in [0.4, 0.5) is 0 Å². The molecule has 1 aromatic rings. The Bertz CT molecular complexity index is 1940. The summed E-state index contributed by atoms with van der Waals surface area (Å²) in [4.78, 5) is 14.6. The van der Waals surface area contributed by atoms with Crippen molar-refractivity contribution >= 4 is 15.8 Å². The second kappa shape index (κ2) is 14.2. The molecular weight excluding hydrogens is 725 g/mol. The molecule has 2 bridgehead atoms. The Kier molecular flexibility index (Phi) is 10.0. The van der Waals surface area contributed by atoms with E-state index in [1.54, 1.807) is 5.57 Å². The zero-order chi connectivity index (χ0) is 40.2. The Hall–Kier alpha value is -2.22. The van der Waals surface area contributed by atoms with Gasteiger partial charge in [-0.15, -0.1) is 0 Å². The number of carbonyl (C=O) groups excluding carboxylic acids is 1. The third-order valence-corrected chi connectivity index (χ3v) is 21.7. The van der Waals surface area contributed by atoms with Crippen molar-refractivity contribution < 1.29 is 22.8 Å². The van der Waals surface area contributed by atoms with Gasteiger partial charge in [-0.3, -0.25) is 4.79 Å². The molecule has 2 N–H and O–H groups in total. The molecule has 6 fully saturated rings. The van der Waals surface area contributed by atoms with E-state index in [-0.39, 0.29) is 33.5 Å². The monoisotopic (exact) mass is 798 g/mol. The lowest BCUT2D eigenvalue weighted by molar-refractivity contribution is -0.909. The number of sulfone groups is 1. The molecule has 0 spiro atoms. The van der Waals surface area contributed by atoms with E-state index in [1.807, 2.05) is 30.3 Å². The van der Waals surface area contributed by atoms with Crippen molar-refractivity contribution in [2.75, 3.05) is 25.4 Å². The third-order valence-electron chi connectivity index (χ3n) is 19.4. The van der Waals surface area contributed by atoms with Crippen LogP contribution in [0.15, 0.2) is 65.8 Å². The first-order valence-electron chi connectivity index (χ1n) is 23.1. The minimum atomic E-state index is -2.84. The van der Waals surface area contributed by atoms with Crippen molar-refractivity contribution in [3.8, 4) is 0 Å². The van der Waals surface area contributed by atoms with Gasteiger partial charge in [-0.2, -0.15) is 0 Å². The Morgan fingerprint density at radius 2 is 1.72 bits per heavy atom. The molecule has 6 aliphatic carbocycles. The molecule has 312 valence electrons. The summed E-state index contributed by atoms with van der Waals surface area (Å²) in [6.07, 6.45) is 20.1. The number of rotatable bonds is 9. The normalized spacial score (nSPS) is 45.1. The SMILES string of the molecule is C=C(C)[C@@H]1CC[C@]2(NCC[NH+]3C[C@@H]4CC3CS4(=O)=O)CC[C@]3(C)[C@H](CC[C@@H]4[C@@]5(C)CC=C(C6=CC[C@H](C(=O)OCc7ccccc7)CC6)C(C)(C)[C@@H]5CC[C@]43C)[C@@H]12. The number of quaternary nitrogens is 1. The van der Waals surface area contributed by atoms with Crippen molar-refractivity contribution in [2.24, 2.45) is 57.2 Å². The summed E-state index contributed by atoms with van der Waals surface area (Å²) in [5, 5.41) is 4.20. The fourth-order valence-electron chi connectivity index (χ4n) is 16.4. The lowest BCUT2D eigenvalue weighted by atomic mass is 9.33. The van der Waals surface area contributed by atoms with Gasteiger partial charge in [0.05, 0.1) is 19.0 Å². The number of nitrogens with one attached hydrogen (secondary N) is 2. The number of esters is 1. The van der Waals surface area contributed by atoms with Crippen LogP contribution in [-0.2, 0) is 26.0 Å². The molecule has 7 heteroatoms. The van der Waals surface area contributed by atoms with Crippen molar-refractivity contribution in [1.29, 1.82) is 0 Å². The molecule has 57 heavy (non-hydrogen) atoms. The second-order valence-corrected chi connectivity index (χ2v) is 24.4. The summed E-state index contributed by atoms with van der Waals surface area (Å²) < 4.78 is 30.7. The van der Waals surface area contributed by atoms with Gasteiger partial charge in [0.1, 0.15) is 23.7 Å². The first-order chi connectivity index (χ1) is 27.0. The van der Waals surface area contributed by atoms with E-state index < -0.39 is 9.84 Å². The Balaban J connectivity index is 0.908. The Morgan fingerprint density at radius 1 is 0.930 bits per heavy atom. The predicted molar refractivity (Wildman–Crippen MR) is 229 cm³/mol. The molecule has 1 aromatic carbocycles. The summed E-state index contributed by atoms with van der Waals surface area (Å²) in [5.41, 5.74) is 6.65. The van der Waals surface area contributed by atoms with Crippen molar-refractivity contribution in [3.05, 3.63) is 71.3 Å². The standard InChI is InChI=1S/C50H72N2O4S/c1-33(2)39-19-24-50(51-27-28-52-30-38-29-37(52)32-57(38,54)55)26-25-48(6)41(44(39)50)17-18-43-47(5)22-20-40(46(3,4)42(47)21-23-49(43,48)7)35-13-15-36(16-14-35)45(53)56-31-34-11-9-8-10-12-34/h8-13,20,36-39,41-44,51H,1,14-19,21-32H2,2-7H3/p+1/t36-,37?,38-,39-,41+,42-,43+,44+,47-,48+,49+,50-/m0/s1. The zero-order valence-corrected chi connectivity index (χ0v) is 37.0. The van der Waals surface area contributed by atoms with Crippen LogP contribution in [0.2, 0.25) is 0 Å². The van der Waals surface area contributed by atoms with Crippen LogP contribution in [-0.4, -0.2) is 56.6 Å². The Morgan fingerprint density at radius 3 is 2.40 bits per heavy atom. The topological polar surface area (TPSA) is 76.9 Å². The highest BCUT2D eigenvalue weighted by Crippen LogP contribution is 2.76. The fraction of sp³-hybridized carbons (Fsp3) is 0.740. The molecule has 0 amide bonds. The fourth-order valence-corrected chi connectivity index (χ4v) is 18.6. The van der Waals surface area contributed by atoms with Crippen LogP contribution in [0.5, 0.6) is 0 Å². The number of allylic oxidation sites excluding steroid dienone is 5. The summed E-state index contributed by atoms with van der Waals surface area (Å²) in [6, 6.07) is 10.3. The third kappa shape index (κ3) is 6.26. The highest BCUT2D eigenvalue weighted by molar-refractivity contribution is 7.92. The maximum absolute atomic E-state index is 13.1. The highest BCUT2D eigenvalue weighted by atomic mass is 32.2. The molecule has 8 aliphatic rings. The molecule has 2 unspecified atom stereocenters. The smallest absolute Gasteiger partial charge is 0.309 e. The number of hydrogen-bond donors (Lipinski definition) is 2. The zero-order valence-electron chi connectivity index (χ0n) is 36.1. The van der Waals surface area contributed by atoms with E-state index >= 15 is 0 Å². The number of carbonyl (C=O) groups is 1. The van der Waals surface area contributed by atoms with Gasteiger partial charge < -0.3 is 15.0 Å². The van der Waals surface area contributed by atoms with E-state index in [1.165, 1.54) is 73.8 Å². The van der Waals surface area contributed by atoms with Crippen LogP contribution < -0.4 is 10.2 Å². The van der Waals surface area contributed by atoms with Gasteiger partial charge >= 0.3 is 5.97 Å². The van der Waals surface area contributed by atoms with Crippen LogP contribution in [0.1, 0.15) is 131 Å². The summed E-state index contributed by atoms with van der Waals surface area (Å²) in [5.74, 6) is 3.59. The van der Waals surface area contributed by atoms with Gasteiger partial charge in [-0.1, -0.05) is 89.3 Å². The second-order valence-electron chi connectivity index (χ2n) is 22.1. The van der Waals surface area contributed by atoms with Gasteiger partial charge in [0.2, 0.25) is 0 Å². The molecule has 13 atom stereocenters. The van der Waals surface area contributed by atoms with Crippen LogP contribution in [0.25, 0.3) is 0 Å². The molecule has 2 saturated heterocycles. The number of benzene rings is 1. The molecule has 9 rings (SSSR count). The minimum Gasteiger partial charge on any atom is -0.461 e. The van der Waals surface area contributed by atoms with Crippen molar-refractivity contribution in [3.63, 3.8) is 0 Å². The number of likely N-dealkylation sites (tertiary alicyclic amines) is 1. The summed E-state index contributed by atoms with van der Waals surface area (Å²) >= 11 is 0. The number of ether oxygens (including phenoxy) is 1.